The van der Waals surface area contributed by atoms with Crippen molar-refractivity contribution in [1.82, 2.24) is 15.4 Å². The van der Waals surface area contributed by atoms with Gasteiger partial charge in [-0.1, -0.05) is 19.4 Å². The maximum Gasteiger partial charge on any atom is 0.309 e. The van der Waals surface area contributed by atoms with Crippen molar-refractivity contribution in [2.45, 2.75) is 19.8 Å². The highest BCUT2D eigenvalue weighted by Gasteiger charge is 2.15. The Labute approximate surface area is 99.1 Å². The summed E-state index contributed by atoms with van der Waals surface area (Å²) in [5.74, 6) is 0.227. The van der Waals surface area contributed by atoms with E-state index in [1.165, 1.54) is 0 Å². The molecular formula is C10H13N3O3S. The first-order chi connectivity index (χ1) is 8.12. The fourth-order valence-corrected chi connectivity index (χ4v) is 2.54. The van der Waals surface area contributed by atoms with Gasteiger partial charge in [-0.05, 0) is 18.6 Å². The monoisotopic (exact) mass is 255 g/mol. The molecule has 17 heavy (non-hydrogen) atoms. The molecule has 0 atom stereocenters. The molecule has 0 aliphatic heterocycles. The predicted octanol–water partition coefficient (Wildman–Crippen LogP) is 1.47. The quantitative estimate of drug-likeness (QED) is 0.818. The molecular weight excluding hydrogens is 242 g/mol. The molecule has 0 aliphatic rings. The van der Waals surface area contributed by atoms with Crippen molar-refractivity contribution >= 4 is 21.2 Å². The molecule has 0 unspecified atom stereocenters. The molecule has 0 bridgehead atoms. The van der Waals surface area contributed by atoms with Crippen molar-refractivity contribution in [2.75, 3.05) is 5.75 Å². The van der Waals surface area contributed by atoms with Crippen molar-refractivity contribution in [3.8, 4) is 5.75 Å². The Bertz CT molecular complexity index is 606. The molecule has 1 aromatic heterocycles. The zero-order valence-electron chi connectivity index (χ0n) is 9.38. The van der Waals surface area contributed by atoms with Gasteiger partial charge in [0.15, 0.2) is 11.3 Å². The SMILES string of the molecule is CCCCS(=O)(=O)Oc1cccc2n[nH]nc12. The van der Waals surface area contributed by atoms with Gasteiger partial charge in [0.2, 0.25) is 0 Å². The number of rotatable bonds is 5. The largest absolute Gasteiger partial charge is 0.380 e. The molecule has 0 aliphatic carbocycles. The highest BCUT2D eigenvalue weighted by molar-refractivity contribution is 7.87. The highest BCUT2D eigenvalue weighted by Crippen LogP contribution is 2.23. The van der Waals surface area contributed by atoms with Crippen LogP contribution in [-0.2, 0) is 10.1 Å². The van der Waals surface area contributed by atoms with Gasteiger partial charge in [0.1, 0.15) is 5.52 Å². The topological polar surface area (TPSA) is 84.9 Å². The van der Waals surface area contributed by atoms with Crippen molar-refractivity contribution in [1.29, 1.82) is 0 Å². The normalized spacial score (nSPS) is 11.8. The molecule has 0 amide bonds. The van der Waals surface area contributed by atoms with Gasteiger partial charge >= 0.3 is 10.1 Å². The predicted molar refractivity (Wildman–Crippen MR) is 63.2 cm³/mol. The first kappa shape index (κ1) is 11.8. The van der Waals surface area contributed by atoms with Crippen molar-refractivity contribution in [3.63, 3.8) is 0 Å². The lowest BCUT2D eigenvalue weighted by atomic mass is 10.3. The number of aromatic amines is 1. The van der Waals surface area contributed by atoms with Gasteiger partial charge in [-0.25, -0.2) is 0 Å². The van der Waals surface area contributed by atoms with Crippen LogP contribution >= 0.6 is 0 Å². The summed E-state index contributed by atoms with van der Waals surface area (Å²) >= 11 is 0. The molecule has 7 heteroatoms. The third-order valence-electron chi connectivity index (χ3n) is 2.27. The Hall–Kier alpha value is -1.63. The third-order valence-corrected chi connectivity index (χ3v) is 3.50. The lowest BCUT2D eigenvalue weighted by Gasteiger charge is -2.06. The molecule has 0 fully saturated rings. The second-order valence-electron chi connectivity index (χ2n) is 3.65. The summed E-state index contributed by atoms with van der Waals surface area (Å²) in [4.78, 5) is 0. The number of H-pyrrole nitrogens is 1. The number of unbranched alkanes of at least 4 members (excludes halogenated alkanes) is 1. The maximum atomic E-state index is 11.6. The molecule has 1 heterocycles. The first-order valence-corrected chi connectivity index (χ1v) is 6.92. The van der Waals surface area contributed by atoms with E-state index in [2.05, 4.69) is 15.4 Å². The molecule has 92 valence electrons. The van der Waals surface area contributed by atoms with E-state index in [-0.39, 0.29) is 11.5 Å². The fourth-order valence-electron chi connectivity index (χ4n) is 1.41. The van der Waals surface area contributed by atoms with E-state index < -0.39 is 10.1 Å². The van der Waals surface area contributed by atoms with E-state index in [0.717, 1.165) is 6.42 Å². The fraction of sp³-hybridized carbons (Fsp3) is 0.400. The van der Waals surface area contributed by atoms with Crippen LogP contribution in [0.25, 0.3) is 11.0 Å². The summed E-state index contributed by atoms with van der Waals surface area (Å²) < 4.78 is 28.3. The second kappa shape index (κ2) is 4.70. The summed E-state index contributed by atoms with van der Waals surface area (Å²) in [7, 11) is -3.55. The van der Waals surface area contributed by atoms with Crippen LogP contribution in [0.5, 0.6) is 5.75 Å². The van der Waals surface area contributed by atoms with E-state index in [4.69, 9.17) is 4.18 Å². The van der Waals surface area contributed by atoms with E-state index in [9.17, 15) is 8.42 Å². The molecule has 1 aromatic carbocycles. The molecule has 0 radical (unpaired) electrons. The van der Waals surface area contributed by atoms with E-state index in [1.54, 1.807) is 18.2 Å². The third kappa shape index (κ3) is 2.73. The van der Waals surface area contributed by atoms with Gasteiger partial charge in [0.05, 0.1) is 5.75 Å². The Kier molecular flexibility index (Phi) is 3.28. The maximum absolute atomic E-state index is 11.6. The van der Waals surface area contributed by atoms with Crippen molar-refractivity contribution in [2.24, 2.45) is 0 Å². The van der Waals surface area contributed by atoms with Crippen LogP contribution in [0.3, 0.4) is 0 Å². The van der Waals surface area contributed by atoms with Gasteiger partial charge in [0, 0.05) is 0 Å². The van der Waals surface area contributed by atoms with Crippen molar-refractivity contribution in [3.05, 3.63) is 18.2 Å². The number of hydrogen-bond acceptors (Lipinski definition) is 5. The molecule has 0 saturated carbocycles. The number of para-hydroxylation sites is 1. The number of fused-ring (bicyclic) bond motifs is 1. The number of benzene rings is 1. The van der Waals surface area contributed by atoms with Gasteiger partial charge in [-0.3, -0.25) is 0 Å². The van der Waals surface area contributed by atoms with Crippen LogP contribution in [0.4, 0.5) is 0 Å². The zero-order valence-corrected chi connectivity index (χ0v) is 10.2. The van der Waals surface area contributed by atoms with Crippen molar-refractivity contribution < 1.29 is 12.6 Å². The standard InChI is InChI=1S/C10H13N3O3S/c1-2-3-7-17(14,15)16-9-6-4-5-8-10(9)12-13-11-8/h4-6H,2-3,7H2,1H3,(H,11,12,13). The van der Waals surface area contributed by atoms with Crippen LogP contribution in [-0.4, -0.2) is 29.6 Å². The van der Waals surface area contributed by atoms with Gasteiger partial charge in [-0.15, -0.1) is 0 Å². The Morgan fingerprint density at radius 1 is 1.35 bits per heavy atom. The summed E-state index contributed by atoms with van der Waals surface area (Å²) in [6.07, 6.45) is 1.38. The van der Waals surface area contributed by atoms with Crippen LogP contribution in [0, 0.1) is 0 Å². The molecule has 0 spiro atoms. The van der Waals surface area contributed by atoms with Crippen LogP contribution in [0.15, 0.2) is 18.2 Å². The smallest absolute Gasteiger partial charge is 0.309 e. The molecule has 2 aromatic rings. The number of hydrogen-bond donors (Lipinski definition) is 1. The van der Waals surface area contributed by atoms with E-state index in [1.807, 2.05) is 6.92 Å². The zero-order chi connectivity index (χ0) is 12.3. The minimum atomic E-state index is -3.55. The average molecular weight is 255 g/mol. The Morgan fingerprint density at radius 2 is 2.18 bits per heavy atom. The number of aromatic nitrogens is 3. The van der Waals surface area contributed by atoms with E-state index >= 15 is 0 Å². The van der Waals surface area contributed by atoms with Crippen LogP contribution in [0.1, 0.15) is 19.8 Å². The van der Waals surface area contributed by atoms with Gasteiger partial charge in [0.25, 0.3) is 0 Å². The molecule has 2 rings (SSSR count). The van der Waals surface area contributed by atoms with Gasteiger partial charge < -0.3 is 4.18 Å². The summed E-state index contributed by atoms with van der Waals surface area (Å²) in [6.45, 7) is 1.92. The molecule has 0 saturated heterocycles. The Balaban J connectivity index is 2.26. The average Bonchev–Trinajstić information content (AvgIpc) is 2.75. The van der Waals surface area contributed by atoms with Crippen LogP contribution < -0.4 is 4.18 Å². The first-order valence-electron chi connectivity index (χ1n) is 5.34. The van der Waals surface area contributed by atoms with Gasteiger partial charge in [-0.2, -0.15) is 23.8 Å². The summed E-state index contributed by atoms with van der Waals surface area (Å²) in [5, 5.41) is 10.2. The summed E-state index contributed by atoms with van der Waals surface area (Å²) in [6, 6.07) is 4.97. The number of nitrogens with one attached hydrogen (secondary N) is 1. The molecule has 1 N–H and O–H groups in total. The minimum Gasteiger partial charge on any atom is -0.380 e. The number of nitrogens with zero attached hydrogens (tertiary/aromatic N) is 2. The highest BCUT2D eigenvalue weighted by atomic mass is 32.2. The van der Waals surface area contributed by atoms with E-state index in [0.29, 0.717) is 17.5 Å². The lowest BCUT2D eigenvalue weighted by molar-refractivity contribution is 0.485. The Morgan fingerprint density at radius 3 is 2.94 bits per heavy atom. The summed E-state index contributed by atoms with van der Waals surface area (Å²) in [5.41, 5.74) is 1.00. The lowest BCUT2D eigenvalue weighted by Crippen LogP contribution is -2.13. The molecule has 6 nitrogen and oxygen atoms in total. The minimum absolute atomic E-state index is 0.0116. The van der Waals surface area contributed by atoms with Crippen LogP contribution in [0.2, 0.25) is 0 Å². The second-order valence-corrected chi connectivity index (χ2v) is 5.34.